The quantitative estimate of drug-likeness (QED) is 0.753. The number of likely N-dealkylation sites (N-methyl/N-ethyl adjacent to an activating group) is 1. The number of rotatable bonds is 2. The average Bonchev–Trinajstić information content (AvgIpc) is 2.61. The summed E-state index contributed by atoms with van der Waals surface area (Å²) < 4.78 is 0. The molecule has 1 aromatic rings. The second-order valence-electron chi connectivity index (χ2n) is 4.55. The van der Waals surface area contributed by atoms with Gasteiger partial charge >= 0.3 is 0 Å². The highest BCUT2D eigenvalue weighted by Gasteiger charge is 2.19. The van der Waals surface area contributed by atoms with Gasteiger partial charge in [0.05, 0.1) is 6.07 Å². The molecule has 1 aromatic carbocycles. The number of hydrogen-bond acceptors (Lipinski definition) is 3. The van der Waals surface area contributed by atoms with Crippen molar-refractivity contribution >= 4 is 5.69 Å². The van der Waals surface area contributed by atoms with E-state index in [1.807, 2.05) is 19.0 Å². The van der Waals surface area contributed by atoms with Gasteiger partial charge in [0.25, 0.3) is 0 Å². The maximum Gasteiger partial charge on any atom is 0.123 e. The lowest BCUT2D eigenvalue weighted by atomic mass is 10.0. The summed E-state index contributed by atoms with van der Waals surface area (Å²) in [4.78, 5) is 4.20. The normalized spacial score (nSPS) is 16.1. The molecule has 0 bridgehead atoms. The van der Waals surface area contributed by atoms with Crippen LogP contribution in [0.5, 0.6) is 0 Å². The Morgan fingerprint density at radius 1 is 1.44 bits per heavy atom. The van der Waals surface area contributed by atoms with Crippen LogP contribution in [0.1, 0.15) is 17.2 Å². The standard InChI is InChI=1S/C13H17N3/c1-15(2)13(9-14)10-4-5-12-11(8-10)6-7-16(12)3/h4-5,8,13H,6-7H2,1-3H3. The molecule has 1 aliphatic heterocycles. The third-order valence-corrected chi connectivity index (χ3v) is 3.19. The molecule has 2 rings (SSSR count). The second-order valence-corrected chi connectivity index (χ2v) is 4.55. The molecule has 1 unspecified atom stereocenters. The summed E-state index contributed by atoms with van der Waals surface area (Å²) in [6, 6.07) is 8.56. The highest BCUT2D eigenvalue weighted by atomic mass is 15.1. The van der Waals surface area contributed by atoms with Crippen LogP contribution in [-0.4, -0.2) is 32.6 Å². The van der Waals surface area contributed by atoms with E-state index in [0.29, 0.717) is 0 Å². The van der Waals surface area contributed by atoms with E-state index in [0.717, 1.165) is 18.5 Å². The van der Waals surface area contributed by atoms with Crippen LogP contribution in [0.15, 0.2) is 18.2 Å². The van der Waals surface area contributed by atoms with Crippen molar-refractivity contribution in [1.29, 1.82) is 5.26 Å². The SMILES string of the molecule is CN1CCc2cc(C(C#N)N(C)C)ccc21. The lowest BCUT2D eigenvalue weighted by Gasteiger charge is -2.19. The summed E-state index contributed by atoms with van der Waals surface area (Å²) in [5.41, 5.74) is 3.77. The fourth-order valence-electron chi connectivity index (χ4n) is 2.24. The summed E-state index contributed by atoms with van der Waals surface area (Å²) in [5.74, 6) is 0. The van der Waals surface area contributed by atoms with Crippen molar-refractivity contribution in [2.45, 2.75) is 12.5 Å². The van der Waals surface area contributed by atoms with Crippen molar-refractivity contribution < 1.29 is 0 Å². The van der Waals surface area contributed by atoms with Gasteiger partial charge in [0.1, 0.15) is 6.04 Å². The lowest BCUT2D eigenvalue weighted by molar-refractivity contribution is 0.358. The van der Waals surface area contributed by atoms with Gasteiger partial charge in [-0.1, -0.05) is 12.1 Å². The van der Waals surface area contributed by atoms with Gasteiger partial charge in [-0.2, -0.15) is 5.26 Å². The Kier molecular flexibility index (Phi) is 2.84. The van der Waals surface area contributed by atoms with Crippen molar-refractivity contribution in [3.05, 3.63) is 29.3 Å². The first-order valence-corrected chi connectivity index (χ1v) is 5.53. The fourth-order valence-corrected chi connectivity index (χ4v) is 2.24. The minimum atomic E-state index is -0.142. The van der Waals surface area contributed by atoms with Crippen LogP contribution >= 0.6 is 0 Å². The molecule has 3 heteroatoms. The van der Waals surface area contributed by atoms with E-state index in [4.69, 9.17) is 5.26 Å². The number of nitrogens with zero attached hydrogens (tertiary/aromatic N) is 3. The maximum absolute atomic E-state index is 9.15. The Bertz CT molecular complexity index is 431. The van der Waals surface area contributed by atoms with Crippen LogP contribution in [0.25, 0.3) is 0 Å². The van der Waals surface area contributed by atoms with E-state index in [9.17, 15) is 0 Å². The molecule has 16 heavy (non-hydrogen) atoms. The first kappa shape index (κ1) is 11.0. The molecule has 3 nitrogen and oxygen atoms in total. The zero-order chi connectivity index (χ0) is 11.7. The molecular formula is C13H17N3. The van der Waals surface area contributed by atoms with Crippen LogP contribution in [0, 0.1) is 11.3 Å². The number of anilines is 1. The van der Waals surface area contributed by atoms with Crippen LogP contribution in [0.4, 0.5) is 5.69 Å². The van der Waals surface area contributed by atoms with E-state index < -0.39 is 0 Å². The topological polar surface area (TPSA) is 30.3 Å². The number of nitriles is 1. The highest BCUT2D eigenvalue weighted by Crippen LogP contribution is 2.30. The predicted octanol–water partition coefficient (Wildman–Crippen LogP) is 1.81. The second kappa shape index (κ2) is 4.15. The Labute approximate surface area is 96.9 Å². The summed E-state index contributed by atoms with van der Waals surface area (Å²) >= 11 is 0. The molecule has 0 saturated heterocycles. The predicted molar refractivity (Wildman–Crippen MR) is 65.5 cm³/mol. The van der Waals surface area contributed by atoms with Crippen LogP contribution in [0.3, 0.4) is 0 Å². The first-order chi connectivity index (χ1) is 7.63. The summed E-state index contributed by atoms with van der Waals surface area (Å²) in [6.07, 6.45) is 1.09. The Morgan fingerprint density at radius 2 is 2.19 bits per heavy atom. The molecule has 0 aliphatic carbocycles. The van der Waals surface area contributed by atoms with Gasteiger partial charge in [-0.3, -0.25) is 4.90 Å². The Hall–Kier alpha value is -1.53. The minimum Gasteiger partial charge on any atom is -0.374 e. The summed E-state index contributed by atoms with van der Waals surface area (Å²) in [5, 5.41) is 9.15. The van der Waals surface area contributed by atoms with Crippen LogP contribution in [0.2, 0.25) is 0 Å². The average molecular weight is 215 g/mol. The zero-order valence-corrected chi connectivity index (χ0v) is 10.1. The molecule has 0 aromatic heterocycles. The maximum atomic E-state index is 9.15. The smallest absolute Gasteiger partial charge is 0.123 e. The van der Waals surface area contributed by atoms with Crippen molar-refractivity contribution in [2.75, 3.05) is 32.6 Å². The van der Waals surface area contributed by atoms with Gasteiger partial charge in [-0.05, 0) is 37.7 Å². The summed E-state index contributed by atoms with van der Waals surface area (Å²) in [7, 11) is 5.99. The van der Waals surface area contributed by atoms with Gasteiger partial charge in [-0.25, -0.2) is 0 Å². The van der Waals surface area contributed by atoms with E-state index >= 15 is 0 Å². The van der Waals surface area contributed by atoms with Crippen LogP contribution in [-0.2, 0) is 6.42 Å². The monoisotopic (exact) mass is 215 g/mol. The number of hydrogen-bond donors (Lipinski definition) is 0. The molecule has 0 fully saturated rings. The van der Waals surface area contributed by atoms with E-state index in [2.05, 4.69) is 36.2 Å². The molecule has 0 amide bonds. The number of fused-ring (bicyclic) bond motifs is 1. The molecule has 0 saturated carbocycles. The third-order valence-electron chi connectivity index (χ3n) is 3.19. The van der Waals surface area contributed by atoms with Gasteiger partial charge in [0.2, 0.25) is 0 Å². The lowest BCUT2D eigenvalue weighted by Crippen LogP contribution is -2.18. The Morgan fingerprint density at radius 3 is 2.81 bits per heavy atom. The summed E-state index contributed by atoms with van der Waals surface area (Å²) in [6.45, 7) is 1.08. The minimum absolute atomic E-state index is 0.142. The van der Waals surface area contributed by atoms with Crippen molar-refractivity contribution in [3.63, 3.8) is 0 Å². The molecule has 84 valence electrons. The van der Waals surface area contributed by atoms with Gasteiger partial charge in [0, 0.05) is 19.3 Å². The molecular weight excluding hydrogens is 198 g/mol. The number of benzene rings is 1. The van der Waals surface area contributed by atoms with Crippen molar-refractivity contribution in [2.24, 2.45) is 0 Å². The van der Waals surface area contributed by atoms with Crippen molar-refractivity contribution in [3.8, 4) is 6.07 Å². The van der Waals surface area contributed by atoms with E-state index in [1.165, 1.54) is 11.3 Å². The highest BCUT2D eigenvalue weighted by molar-refractivity contribution is 5.59. The molecule has 1 atom stereocenters. The van der Waals surface area contributed by atoms with E-state index in [-0.39, 0.29) is 6.04 Å². The van der Waals surface area contributed by atoms with Crippen LogP contribution < -0.4 is 4.90 Å². The first-order valence-electron chi connectivity index (χ1n) is 5.53. The Balaban J connectivity index is 2.35. The largest absolute Gasteiger partial charge is 0.374 e. The van der Waals surface area contributed by atoms with Crippen molar-refractivity contribution in [1.82, 2.24) is 4.90 Å². The van der Waals surface area contributed by atoms with Gasteiger partial charge < -0.3 is 4.90 Å². The zero-order valence-electron chi connectivity index (χ0n) is 10.1. The van der Waals surface area contributed by atoms with E-state index in [1.54, 1.807) is 0 Å². The van der Waals surface area contributed by atoms with Gasteiger partial charge in [-0.15, -0.1) is 0 Å². The van der Waals surface area contributed by atoms with Gasteiger partial charge in [0.15, 0.2) is 0 Å². The fraction of sp³-hybridized carbons (Fsp3) is 0.462. The molecule has 0 spiro atoms. The molecule has 1 aliphatic rings. The molecule has 0 radical (unpaired) electrons. The molecule has 0 N–H and O–H groups in total. The third kappa shape index (κ3) is 1.77. The molecule has 1 heterocycles.